The molecule has 1 aliphatic heterocycles. The fourth-order valence-corrected chi connectivity index (χ4v) is 5.79. The quantitative estimate of drug-likeness (QED) is 0.321. The molecule has 0 unspecified atom stereocenters. The summed E-state index contributed by atoms with van der Waals surface area (Å²) in [6.45, 7) is 8.73. The van der Waals surface area contributed by atoms with E-state index in [0.29, 0.717) is 17.9 Å². The highest BCUT2D eigenvalue weighted by atomic mass is 32.2. The third-order valence-electron chi connectivity index (χ3n) is 6.25. The van der Waals surface area contributed by atoms with Crippen molar-refractivity contribution in [3.05, 3.63) is 82.4 Å². The molecule has 0 amide bonds. The van der Waals surface area contributed by atoms with Gasteiger partial charge in [-0.25, -0.2) is 8.42 Å². The van der Waals surface area contributed by atoms with Crippen molar-refractivity contribution in [2.24, 2.45) is 0 Å². The second-order valence-corrected chi connectivity index (χ2v) is 10.7. The van der Waals surface area contributed by atoms with Gasteiger partial charge in [0, 0.05) is 18.5 Å². The van der Waals surface area contributed by atoms with E-state index in [9.17, 15) is 8.42 Å². The number of anilines is 1. The average Bonchev–Trinajstić information content (AvgIpc) is 3.23. The molecule has 3 aromatic rings. The standard InChI is InChI=1S/C29H31NO2S/c1-5-6-7-8-9-24-19-25(28-18-22(3)10-13-23(28)4)20-29-27(24)16-17-30(29)33(31,32)26-14-11-21(2)12-15-26/h10-15,18-20H,5-7,16-17H2,1-4H3. The molecule has 0 fully saturated rings. The average molecular weight is 458 g/mol. The van der Waals surface area contributed by atoms with Gasteiger partial charge in [-0.05, 0) is 80.1 Å². The molecule has 4 heteroatoms. The van der Waals surface area contributed by atoms with Crippen LogP contribution in [-0.2, 0) is 16.4 Å². The lowest BCUT2D eigenvalue weighted by Gasteiger charge is -2.21. The molecule has 0 aromatic heterocycles. The van der Waals surface area contributed by atoms with E-state index in [0.717, 1.165) is 58.3 Å². The molecular formula is C29H31NO2S. The number of rotatable bonds is 5. The number of fused-ring (bicyclic) bond motifs is 1. The molecule has 170 valence electrons. The Morgan fingerprint density at radius 2 is 1.67 bits per heavy atom. The monoisotopic (exact) mass is 457 g/mol. The molecule has 3 nitrogen and oxygen atoms in total. The minimum Gasteiger partial charge on any atom is -0.266 e. The zero-order valence-corrected chi connectivity index (χ0v) is 20.7. The van der Waals surface area contributed by atoms with Crippen LogP contribution in [0.3, 0.4) is 0 Å². The lowest BCUT2D eigenvalue weighted by atomic mass is 9.94. The van der Waals surface area contributed by atoms with Crippen LogP contribution in [0.5, 0.6) is 0 Å². The summed E-state index contributed by atoms with van der Waals surface area (Å²) < 4.78 is 28.7. The van der Waals surface area contributed by atoms with E-state index >= 15 is 0 Å². The van der Waals surface area contributed by atoms with Crippen LogP contribution in [0.4, 0.5) is 5.69 Å². The maximum Gasteiger partial charge on any atom is 0.264 e. The SMILES string of the molecule is CCCCC#Cc1cc(-c2cc(C)ccc2C)cc2c1CCN2S(=O)(=O)c1ccc(C)cc1. The van der Waals surface area contributed by atoms with Crippen molar-refractivity contribution in [1.29, 1.82) is 0 Å². The number of aryl methyl sites for hydroxylation is 3. The fraction of sp³-hybridized carbons (Fsp3) is 0.310. The maximum atomic E-state index is 13.6. The minimum absolute atomic E-state index is 0.327. The van der Waals surface area contributed by atoms with Gasteiger partial charge in [-0.2, -0.15) is 0 Å². The molecule has 0 spiro atoms. The summed E-state index contributed by atoms with van der Waals surface area (Å²) in [4.78, 5) is 0.327. The Hall–Kier alpha value is -3.03. The first kappa shape index (κ1) is 23.1. The van der Waals surface area contributed by atoms with E-state index in [1.807, 2.05) is 25.1 Å². The van der Waals surface area contributed by atoms with Gasteiger partial charge in [-0.1, -0.05) is 66.6 Å². The molecule has 0 aliphatic carbocycles. The normalized spacial score (nSPS) is 12.9. The van der Waals surface area contributed by atoms with Gasteiger partial charge in [0.25, 0.3) is 10.0 Å². The van der Waals surface area contributed by atoms with Crippen molar-refractivity contribution in [1.82, 2.24) is 0 Å². The fourth-order valence-electron chi connectivity index (χ4n) is 4.30. The van der Waals surface area contributed by atoms with Gasteiger partial charge in [0.1, 0.15) is 0 Å². The van der Waals surface area contributed by atoms with Crippen molar-refractivity contribution >= 4 is 15.7 Å². The smallest absolute Gasteiger partial charge is 0.264 e. The van der Waals surface area contributed by atoms with E-state index < -0.39 is 10.0 Å². The lowest BCUT2D eigenvalue weighted by Crippen LogP contribution is -2.29. The van der Waals surface area contributed by atoms with Gasteiger partial charge in [0.2, 0.25) is 0 Å². The van der Waals surface area contributed by atoms with E-state index in [2.05, 4.69) is 56.9 Å². The minimum atomic E-state index is -3.65. The van der Waals surface area contributed by atoms with Crippen LogP contribution < -0.4 is 4.31 Å². The molecule has 1 aliphatic rings. The van der Waals surface area contributed by atoms with Gasteiger partial charge in [0.15, 0.2) is 0 Å². The number of unbranched alkanes of at least 4 members (excludes halogenated alkanes) is 2. The number of hydrogen-bond donors (Lipinski definition) is 0. The van der Waals surface area contributed by atoms with Crippen LogP contribution in [0.25, 0.3) is 11.1 Å². The Bertz CT molecular complexity index is 1340. The highest BCUT2D eigenvalue weighted by Gasteiger charge is 2.32. The Kier molecular flexibility index (Phi) is 6.63. The van der Waals surface area contributed by atoms with Gasteiger partial charge in [0.05, 0.1) is 10.6 Å². The van der Waals surface area contributed by atoms with Crippen molar-refractivity contribution < 1.29 is 8.42 Å². The Labute approximate surface area is 198 Å². The number of nitrogens with zero attached hydrogens (tertiary/aromatic N) is 1. The van der Waals surface area contributed by atoms with Gasteiger partial charge < -0.3 is 0 Å². The zero-order chi connectivity index (χ0) is 23.6. The second-order valence-electron chi connectivity index (χ2n) is 8.89. The molecule has 33 heavy (non-hydrogen) atoms. The van der Waals surface area contributed by atoms with Crippen LogP contribution in [0.2, 0.25) is 0 Å². The Balaban J connectivity index is 1.87. The predicted octanol–water partition coefficient (Wildman–Crippen LogP) is 6.57. The molecule has 1 heterocycles. The molecule has 3 aromatic carbocycles. The lowest BCUT2D eigenvalue weighted by molar-refractivity contribution is 0.592. The zero-order valence-electron chi connectivity index (χ0n) is 19.9. The van der Waals surface area contributed by atoms with Gasteiger partial charge in [-0.15, -0.1) is 0 Å². The van der Waals surface area contributed by atoms with Crippen molar-refractivity contribution in [2.75, 3.05) is 10.8 Å². The van der Waals surface area contributed by atoms with Crippen LogP contribution in [-0.4, -0.2) is 15.0 Å². The Morgan fingerprint density at radius 1 is 0.939 bits per heavy atom. The molecular weight excluding hydrogens is 426 g/mol. The molecule has 0 bridgehead atoms. The highest BCUT2D eigenvalue weighted by Crippen LogP contribution is 2.39. The number of hydrogen-bond acceptors (Lipinski definition) is 2. The Morgan fingerprint density at radius 3 is 2.39 bits per heavy atom. The molecule has 0 N–H and O–H groups in total. The summed E-state index contributed by atoms with van der Waals surface area (Å²) in [5.74, 6) is 6.68. The number of benzene rings is 3. The molecule has 4 rings (SSSR count). The summed E-state index contributed by atoms with van der Waals surface area (Å²) in [6, 6.07) is 17.7. The number of sulfonamides is 1. The maximum absolute atomic E-state index is 13.6. The third kappa shape index (κ3) is 4.70. The van der Waals surface area contributed by atoms with Crippen molar-refractivity contribution in [2.45, 2.75) is 58.3 Å². The molecule has 0 saturated carbocycles. The summed E-state index contributed by atoms with van der Waals surface area (Å²) in [5, 5.41) is 0. The third-order valence-corrected chi connectivity index (χ3v) is 8.08. The van der Waals surface area contributed by atoms with Gasteiger partial charge >= 0.3 is 0 Å². The first-order valence-electron chi connectivity index (χ1n) is 11.6. The van der Waals surface area contributed by atoms with E-state index in [1.165, 1.54) is 5.56 Å². The predicted molar refractivity (Wildman–Crippen MR) is 137 cm³/mol. The van der Waals surface area contributed by atoms with Crippen LogP contribution in [0, 0.1) is 32.6 Å². The molecule has 0 saturated heterocycles. The summed E-state index contributed by atoms with van der Waals surface area (Å²) in [7, 11) is -3.65. The van der Waals surface area contributed by atoms with Crippen molar-refractivity contribution in [3.8, 4) is 23.0 Å². The van der Waals surface area contributed by atoms with Crippen LogP contribution >= 0.6 is 0 Å². The molecule has 0 atom stereocenters. The first-order valence-corrected chi connectivity index (χ1v) is 13.1. The van der Waals surface area contributed by atoms with Crippen LogP contribution in [0.1, 0.15) is 54.0 Å². The van der Waals surface area contributed by atoms with Gasteiger partial charge in [-0.3, -0.25) is 4.31 Å². The summed E-state index contributed by atoms with van der Waals surface area (Å²) >= 11 is 0. The largest absolute Gasteiger partial charge is 0.266 e. The van der Waals surface area contributed by atoms with E-state index in [-0.39, 0.29) is 0 Å². The van der Waals surface area contributed by atoms with E-state index in [4.69, 9.17) is 0 Å². The first-order chi connectivity index (χ1) is 15.8. The molecule has 0 radical (unpaired) electrons. The summed E-state index contributed by atoms with van der Waals surface area (Å²) in [6.07, 6.45) is 3.70. The summed E-state index contributed by atoms with van der Waals surface area (Å²) in [5.41, 5.74) is 8.25. The van der Waals surface area contributed by atoms with E-state index in [1.54, 1.807) is 16.4 Å². The highest BCUT2D eigenvalue weighted by molar-refractivity contribution is 7.92. The second kappa shape index (κ2) is 9.45. The topological polar surface area (TPSA) is 37.4 Å². The van der Waals surface area contributed by atoms with Crippen molar-refractivity contribution in [3.63, 3.8) is 0 Å². The van der Waals surface area contributed by atoms with Crippen LogP contribution in [0.15, 0.2) is 59.5 Å².